The molecular weight excluding hydrogens is 426 g/mol. The number of Topliss-reactive ketones (excluding diaryl/α,β-unsaturated/α-hetero) is 1. The zero-order valence-corrected chi connectivity index (χ0v) is 17.4. The van der Waals surface area contributed by atoms with Crippen LogP contribution in [0.3, 0.4) is 0 Å². The minimum Gasteiger partial charge on any atom is -0.387 e. The molecule has 0 spiro atoms. The van der Waals surface area contributed by atoms with Gasteiger partial charge in [-0.1, -0.05) is 41.4 Å². The molecular formula is C23H19Cl2FN2O2. The van der Waals surface area contributed by atoms with E-state index >= 15 is 0 Å². The maximum absolute atomic E-state index is 14.4. The standard InChI is InChI=1S/C23H19Cl2FN2O2/c24-16-6-3-14(4-7-16)5-10-20(27)21(22(29)15-2-1-11-28-13-15)23(30)18-9-8-17(25)12-19(18)26/h1-4,6-9,11-13,21-22,27,29H,5,10H2. The predicted molar refractivity (Wildman–Crippen MR) is 116 cm³/mol. The van der Waals surface area contributed by atoms with Crippen molar-refractivity contribution in [2.75, 3.05) is 0 Å². The fourth-order valence-corrected chi connectivity index (χ4v) is 3.46. The quantitative estimate of drug-likeness (QED) is 0.345. The fraction of sp³-hybridized carbons (Fsp3) is 0.174. The summed E-state index contributed by atoms with van der Waals surface area (Å²) in [5, 5.41) is 20.2. The molecule has 0 saturated carbocycles. The highest BCUT2D eigenvalue weighted by molar-refractivity contribution is 6.31. The van der Waals surface area contributed by atoms with Crippen LogP contribution in [-0.2, 0) is 6.42 Å². The number of hydrogen-bond acceptors (Lipinski definition) is 4. The number of pyridine rings is 1. The minimum absolute atomic E-state index is 0.000605. The van der Waals surface area contributed by atoms with E-state index in [1.165, 1.54) is 24.5 Å². The molecule has 0 saturated heterocycles. The normalized spacial score (nSPS) is 12.9. The lowest BCUT2D eigenvalue weighted by Gasteiger charge is -2.23. The zero-order chi connectivity index (χ0) is 21.7. The third-order valence-corrected chi connectivity index (χ3v) is 5.28. The molecule has 4 nitrogen and oxygen atoms in total. The average molecular weight is 445 g/mol. The number of aryl methyl sites for hydroxylation is 1. The molecule has 2 atom stereocenters. The van der Waals surface area contributed by atoms with E-state index in [0.29, 0.717) is 17.0 Å². The van der Waals surface area contributed by atoms with Gasteiger partial charge in [-0.3, -0.25) is 9.78 Å². The number of halogens is 3. The van der Waals surface area contributed by atoms with Gasteiger partial charge in [0.15, 0.2) is 5.78 Å². The van der Waals surface area contributed by atoms with E-state index in [4.69, 9.17) is 28.6 Å². The van der Waals surface area contributed by atoms with Gasteiger partial charge in [-0.2, -0.15) is 0 Å². The van der Waals surface area contributed by atoms with Crippen molar-refractivity contribution in [3.05, 3.63) is 99.5 Å². The van der Waals surface area contributed by atoms with E-state index in [2.05, 4.69) is 4.98 Å². The summed E-state index contributed by atoms with van der Waals surface area (Å²) in [7, 11) is 0. The van der Waals surface area contributed by atoms with Crippen molar-refractivity contribution in [1.82, 2.24) is 4.98 Å². The molecule has 2 aromatic carbocycles. The fourth-order valence-electron chi connectivity index (χ4n) is 3.18. The van der Waals surface area contributed by atoms with E-state index in [1.54, 1.807) is 24.3 Å². The van der Waals surface area contributed by atoms with E-state index in [1.807, 2.05) is 12.1 Å². The predicted octanol–water partition coefficient (Wildman–Crippen LogP) is 5.71. The molecule has 7 heteroatoms. The van der Waals surface area contributed by atoms with Crippen LogP contribution in [0.15, 0.2) is 67.0 Å². The van der Waals surface area contributed by atoms with Crippen LogP contribution >= 0.6 is 23.2 Å². The second-order valence-corrected chi connectivity index (χ2v) is 7.72. The lowest BCUT2D eigenvalue weighted by molar-refractivity contribution is 0.0785. The summed E-state index contributed by atoms with van der Waals surface area (Å²) in [5.74, 6) is -2.72. The number of aliphatic hydroxyl groups excluding tert-OH is 1. The van der Waals surface area contributed by atoms with Crippen LogP contribution in [0.1, 0.15) is 34.0 Å². The molecule has 3 aromatic rings. The monoisotopic (exact) mass is 444 g/mol. The van der Waals surface area contributed by atoms with Crippen LogP contribution in [0.25, 0.3) is 0 Å². The zero-order valence-electron chi connectivity index (χ0n) is 15.9. The van der Waals surface area contributed by atoms with Crippen molar-refractivity contribution in [2.45, 2.75) is 18.9 Å². The van der Waals surface area contributed by atoms with Gasteiger partial charge in [0.05, 0.1) is 17.6 Å². The Morgan fingerprint density at radius 3 is 2.43 bits per heavy atom. The van der Waals surface area contributed by atoms with Gasteiger partial charge in [0.25, 0.3) is 0 Å². The van der Waals surface area contributed by atoms with Gasteiger partial charge in [-0.15, -0.1) is 0 Å². The number of nitrogens with one attached hydrogen (secondary N) is 1. The Bertz CT molecular complexity index is 1040. The first-order valence-corrected chi connectivity index (χ1v) is 10.0. The number of benzene rings is 2. The number of aromatic nitrogens is 1. The number of ketones is 1. The molecule has 154 valence electrons. The molecule has 3 rings (SSSR count). The second-order valence-electron chi connectivity index (χ2n) is 6.85. The molecule has 30 heavy (non-hydrogen) atoms. The molecule has 0 amide bonds. The van der Waals surface area contributed by atoms with E-state index in [-0.39, 0.29) is 22.7 Å². The van der Waals surface area contributed by atoms with Crippen LogP contribution in [0.2, 0.25) is 10.0 Å². The lowest BCUT2D eigenvalue weighted by atomic mass is 9.83. The Balaban J connectivity index is 1.89. The number of nitrogens with zero attached hydrogens (tertiary/aromatic N) is 1. The Labute approximate surface area is 183 Å². The Hall–Kier alpha value is -2.60. The molecule has 0 aliphatic heterocycles. The topological polar surface area (TPSA) is 74.0 Å². The first kappa shape index (κ1) is 22.1. The van der Waals surface area contributed by atoms with Crippen molar-refractivity contribution in [3.8, 4) is 0 Å². The van der Waals surface area contributed by atoms with Crippen molar-refractivity contribution in [1.29, 1.82) is 5.41 Å². The van der Waals surface area contributed by atoms with Gasteiger partial charge in [-0.05, 0) is 60.4 Å². The SMILES string of the molecule is N=C(CCc1ccc(Cl)cc1)C(C(=O)c1ccc(Cl)cc1F)C(O)c1cccnc1. The molecule has 1 aromatic heterocycles. The second kappa shape index (κ2) is 9.94. The first-order valence-electron chi connectivity index (χ1n) is 9.26. The van der Waals surface area contributed by atoms with Gasteiger partial charge >= 0.3 is 0 Å². The van der Waals surface area contributed by atoms with E-state index < -0.39 is 23.6 Å². The van der Waals surface area contributed by atoms with Crippen LogP contribution in [-0.4, -0.2) is 21.6 Å². The van der Waals surface area contributed by atoms with Crippen LogP contribution in [0.4, 0.5) is 4.39 Å². The largest absolute Gasteiger partial charge is 0.387 e. The lowest BCUT2D eigenvalue weighted by Crippen LogP contribution is -2.31. The Morgan fingerprint density at radius 2 is 1.80 bits per heavy atom. The van der Waals surface area contributed by atoms with Crippen molar-refractivity contribution in [2.24, 2.45) is 5.92 Å². The van der Waals surface area contributed by atoms with E-state index in [9.17, 15) is 14.3 Å². The summed E-state index contributed by atoms with van der Waals surface area (Å²) in [6.07, 6.45) is 2.32. The molecule has 0 radical (unpaired) electrons. The summed E-state index contributed by atoms with van der Waals surface area (Å²) in [4.78, 5) is 17.1. The molecule has 0 fully saturated rings. The Kier molecular flexibility index (Phi) is 7.32. The highest BCUT2D eigenvalue weighted by atomic mass is 35.5. The van der Waals surface area contributed by atoms with Crippen molar-refractivity contribution < 1.29 is 14.3 Å². The molecule has 2 N–H and O–H groups in total. The molecule has 0 aliphatic carbocycles. The van der Waals surface area contributed by atoms with Gasteiger partial charge in [0, 0.05) is 28.2 Å². The van der Waals surface area contributed by atoms with Crippen LogP contribution < -0.4 is 0 Å². The number of carbonyl (C=O) groups excluding carboxylic acids is 1. The Morgan fingerprint density at radius 1 is 1.10 bits per heavy atom. The summed E-state index contributed by atoms with van der Waals surface area (Å²) in [6.45, 7) is 0. The number of carbonyl (C=O) groups is 1. The van der Waals surface area contributed by atoms with Gasteiger partial charge in [0.2, 0.25) is 0 Å². The van der Waals surface area contributed by atoms with E-state index in [0.717, 1.165) is 11.6 Å². The maximum atomic E-state index is 14.4. The average Bonchev–Trinajstić information content (AvgIpc) is 2.74. The summed E-state index contributed by atoms with van der Waals surface area (Å²) in [6, 6.07) is 14.1. The highest BCUT2D eigenvalue weighted by Crippen LogP contribution is 2.29. The summed E-state index contributed by atoms with van der Waals surface area (Å²) >= 11 is 11.7. The molecule has 0 bridgehead atoms. The number of aliphatic hydroxyl groups is 1. The van der Waals surface area contributed by atoms with Crippen molar-refractivity contribution >= 4 is 34.7 Å². The maximum Gasteiger partial charge on any atom is 0.177 e. The third-order valence-electron chi connectivity index (χ3n) is 4.79. The smallest absolute Gasteiger partial charge is 0.177 e. The van der Waals surface area contributed by atoms with Gasteiger partial charge in [0.1, 0.15) is 5.82 Å². The molecule has 2 unspecified atom stereocenters. The summed E-state index contributed by atoms with van der Waals surface area (Å²) < 4.78 is 14.4. The van der Waals surface area contributed by atoms with Gasteiger partial charge < -0.3 is 10.5 Å². The van der Waals surface area contributed by atoms with Crippen LogP contribution in [0, 0.1) is 17.1 Å². The first-order chi connectivity index (χ1) is 14.4. The summed E-state index contributed by atoms with van der Waals surface area (Å²) in [5.41, 5.74) is 1.09. The minimum atomic E-state index is -1.33. The van der Waals surface area contributed by atoms with Gasteiger partial charge in [-0.25, -0.2) is 4.39 Å². The van der Waals surface area contributed by atoms with Crippen molar-refractivity contribution in [3.63, 3.8) is 0 Å². The molecule has 0 aliphatic rings. The highest BCUT2D eigenvalue weighted by Gasteiger charge is 2.34. The number of hydrogen-bond donors (Lipinski definition) is 2. The van der Waals surface area contributed by atoms with Crippen LogP contribution in [0.5, 0.6) is 0 Å². The molecule has 1 heterocycles. The third kappa shape index (κ3) is 5.30. The number of rotatable bonds is 8.